The fourth-order valence-electron chi connectivity index (χ4n) is 3.07. The second-order valence-electron chi connectivity index (χ2n) is 6.51. The van der Waals surface area contributed by atoms with E-state index in [9.17, 15) is 0 Å². The summed E-state index contributed by atoms with van der Waals surface area (Å²) < 4.78 is 11.2. The SMILES string of the molecule is CO[C@@H]1C[C@H](c2nnc(C)o2)N(c2cc(NCC3CC3)ncn2)C1. The molecule has 2 atom stereocenters. The van der Waals surface area contributed by atoms with Gasteiger partial charge in [-0.3, -0.25) is 0 Å². The van der Waals surface area contributed by atoms with Crippen LogP contribution in [-0.4, -0.2) is 46.5 Å². The number of nitrogens with one attached hydrogen (secondary N) is 1. The number of hydrogen-bond acceptors (Lipinski definition) is 8. The van der Waals surface area contributed by atoms with Gasteiger partial charge >= 0.3 is 0 Å². The summed E-state index contributed by atoms with van der Waals surface area (Å²) in [5.41, 5.74) is 0. The van der Waals surface area contributed by atoms with E-state index in [1.807, 2.05) is 6.07 Å². The van der Waals surface area contributed by atoms with E-state index in [0.29, 0.717) is 11.8 Å². The number of hydrogen-bond donors (Lipinski definition) is 1. The molecule has 24 heavy (non-hydrogen) atoms. The lowest BCUT2D eigenvalue weighted by atomic mass is 10.2. The normalized spacial score (nSPS) is 23.7. The van der Waals surface area contributed by atoms with E-state index in [0.717, 1.165) is 37.1 Å². The minimum atomic E-state index is -0.0256. The Morgan fingerprint density at radius 3 is 2.92 bits per heavy atom. The van der Waals surface area contributed by atoms with Crippen LogP contribution >= 0.6 is 0 Å². The summed E-state index contributed by atoms with van der Waals surface area (Å²) in [6.07, 6.45) is 5.13. The minimum absolute atomic E-state index is 0.0256. The lowest BCUT2D eigenvalue weighted by molar-refractivity contribution is 0.117. The molecule has 4 rings (SSSR count). The van der Waals surface area contributed by atoms with Crippen LogP contribution in [0.5, 0.6) is 0 Å². The Labute approximate surface area is 140 Å². The first-order chi connectivity index (χ1) is 11.7. The molecule has 1 saturated carbocycles. The summed E-state index contributed by atoms with van der Waals surface area (Å²) >= 11 is 0. The molecule has 0 radical (unpaired) electrons. The van der Waals surface area contributed by atoms with Crippen LogP contribution in [0.1, 0.15) is 37.1 Å². The van der Waals surface area contributed by atoms with Crippen molar-refractivity contribution >= 4 is 11.6 Å². The van der Waals surface area contributed by atoms with Crippen LogP contribution in [0.2, 0.25) is 0 Å². The van der Waals surface area contributed by atoms with E-state index < -0.39 is 0 Å². The van der Waals surface area contributed by atoms with Crippen molar-refractivity contribution < 1.29 is 9.15 Å². The minimum Gasteiger partial charge on any atom is -0.423 e. The summed E-state index contributed by atoms with van der Waals surface area (Å²) in [6.45, 7) is 3.51. The van der Waals surface area contributed by atoms with Crippen LogP contribution in [0.25, 0.3) is 0 Å². The predicted molar refractivity (Wildman–Crippen MR) is 87.8 cm³/mol. The molecule has 2 fully saturated rings. The highest BCUT2D eigenvalue weighted by atomic mass is 16.5. The highest BCUT2D eigenvalue weighted by Gasteiger charge is 2.37. The van der Waals surface area contributed by atoms with Crippen LogP contribution in [0.3, 0.4) is 0 Å². The van der Waals surface area contributed by atoms with Gasteiger partial charge in [0.15, 0.2) is 0 Å². The first-order valence-corrected chi connectivity index (χ1v) is 8.38. The molecule has 1 N–H and O–H groups in total. The van der Waals surface area contributed by atoms with Crippen molar-refractivity contribution in [1.82, 2.24) is 20.2 Å². The average Bonchev–Trinajstić information content (AvgIpc) is 3.17. The molecule has 0 spiro atoms. The number of rotatable bonds is 6. The summed E-state index contributed by atoms with van der Waals surface area (Å²) in [5.74, 6) is 3.68. The van der Waals surface area contributed by atoms with Crippen molar-refractivity contribution in [3.63, 3.8) is 0 Å². The van der Waals surface area contributed by atoms with Crippen LogP contribution in [-0.2, 0) is 4.74 Å². The zero-order valence-electron chi connectivity index (χ0n) is 14.0. The highest BCUT2D eigenvalue weighted by molar-refractivity contribution is 5.50. The molecule has 1 aliphatic heterocycles. The van der Waals surface area contributed by atoms with E-state index in [1.54, 1.807) is 20.4 Å². The van der Waals surface area contributed by atoms with Gasteiger partial charge in [0.2, 0.25) is 11.8 Å². The predicted octanol–water partition coefficient (Wildman–Crippen LogP) is 1.96. The highest BCUT2D eigenvalue weighted by Crippen LogP contribution is 2.36. The quantitative estimate of drug-likeness (QED) is 0.860. The van der Waals surface area contributed by atoms with E-state index in [4.69, 9.17) is 9.15 Å². The Bertz CT molecular complexity index is 701. The maximum Gasteiger partial charge on any atom is 0.238 e. The first kappa shape index (κ1) is 15.3. The topological polar surface area (TPSA) is 89.2 Å². The van der Waals surface area contributed by atoms with Gasteiger partial charge in [0, 0.05) is 39.6 Å². The van der Waals surface area contributed by atoms with Crippen LogP contribution in [0.4, 0.5) is 11.6 Å². The third kappa shape index (κ3) is 3.19. The summed E-state index contributed by atoms with van der Waals surface area (Å²) in [7, 11) is 1.73. The molecule has 0 amide bonds. The van der Waals surface area contributed by atoms with Crippen molar-refractivity contribution in [3.8, 4) is 0 Å². The zero-order valence-corrected chi connectivity index (χ0v) is 14.0. The Kier molecular flexibility index (Phi) is 4.05. The molecule has 8 nitrogen and oxygen atoms in total. The van der Waals surface area contributed by atoms with E-state index in [2.05, 4.69) is 30.4 Å². The van der Waals surface area contributed by atoms with Crippen LogP contribution in [0, 0.1) is 12.8 Å². The van der Waals surface area contributed by atoms with Crippen molar-refractivity contribution in [3.05, 3.63) is 24.2 Å². The van der Waals surface area contributed by atoms with Crippen molar-refractivity contribution in [1.29, 1.82) is 0 Å². The van der Waals surface area contributed by atoms with Gasteiger partial charge < -0.3 is 19.4 Å². The lowest BCUT2D eigenvalue weighted by Crippen LogP contribution is -2.26. The largest absolute Gasteiger partial charge is 0.423 e. The molecule has 2 aromatic heterocycles. The van der Waals surface area contributed by atoms with Crippen molar-refractivity contribution in [2.24, 2.45) is 5.92 Å². The second-order valence-corrected chi connectivity index (χ2v) is 6.51. The number of anilines is 2. The van der Waals surface area contributed by atoms with Crippen molar-refractivity contribution in [2.45, 2.75) is 38.3 Å². The zero-order chi connectivity index (χ0) is 16.5. The van der Waals surface area contributed by atoms with Gasteiger partial charge in [0.05, 0.1) is 6.10 Å². The molecule has 1 saturated heterocycles. The van der Waals surface area contributed by atoms with Gasteiger partial charge in [-0.25, -0.2) is 9.97 Å². The summed E-state index contributed by atoms with van der Waals surface area (Å²) in [4.78, 5) is 10.9. The molecule has 0 aromatic carbocycles. The van der Waals surface area contributed by atoms with Gasteiger partial charge in [-0.05, 0) is 18.8 Å². The molecule has 0 bridgehead atoms. The average molecular weight is 330 g/mol. The molecule has 128 valence electrons. The maximum atomic E-state index is 5.65. The Morgan fingerprint density at radius 2 is 2.21 bits per heavy atom. The van der Waals surface area contributed by atoms with Crippen molar-refractivity contribution in [2.75, 3.05) is 30.4 Å². The number of ether oxygens (including phenoxy) is 1. The Balaban J connectivity index is 1.56. The first-order valence-electron chi connectivity index (χ1n) is 8.38. The van der Waals surface area contributed by atoms with E-state index in [1.165, 1.54) is 12.8 Å². The molecule has 1 aliphatic carbocycles. The van der Waals surface area contributed by atoms with Gasteiger partial charge in [-0.1, -0.05) is 0 Å². The molecule has 0 unspecified atom stereocenters. The van der Waals surface area contributed by atoms with Gasteiger partial charge in [0.1, 0.15) is 24.0 Å². The van der Waals surface area contributed by atoms with Crippen LogP contribution < -0.4 is 10.2 Å². The summed E-state index contributed by atoms with van der Waals surface area (Å²) in [5, 5.41) is 11.5. The molecular formula is C16H22N6O2. The molecule has 3 heterocycles. The fraction of sp³-hybridized carbons (Fsp3) is 0.625. The number of aromatic nitrogens is 4. The van der Waals surface area contributed by atoms with Gasteiger partial charge in [0.25, 0.3) is 0 Å². The second kappa shape index (κ2) is 6.35. The maximum absolute atomic E-state index is 5.65. The standard InChI is InChI=1S/C16H22N6O2/c1-10-20-21-16(24-10)13-5-12(23-2)8-22(13)15-6-14(18-9-19-15)17-7-11-3-4-11/h6,9,11-13H,3-5,7-8H2,1-2H3,(H,17,18,19)/t12-,13-/m1/s1. The monoisotopic (exact) mass is 330 g/mol. The van der Waals surface area contributed by atoms with E-state index in [-0.39, 0.29) is 12.1 Å². The third-order valence-electron chi connectivity index (χ3n) is 4.64. The molecule has 2 aliphatic rings. The number of nitrogens with zero attached hydrogens (tertiary/aromatic N) is 5. The lowest BCUT2D eigenvalue weighted by Gasteiger charge is -2.23. The van der Waals surface area contributed by atoms with Gasteiger partial charge in [-0.2, -0.15) is 0 Å². The smallest absolute Gasteiger partial charge is 0.238 e. The Hall–Kier alpha value is -2.22. The van der Waals surface area contributed by atoms with Gasteiger partial charge in [-0.15, -0.1) is 10.2 Å². The summed E-state index contributed by atoms with van der Waals surface area (Å²) in [6, 6.07) is 1.96. The Morgan fingerprint density at radius 1 is 1.33 bits per heavy atom. The number of methoxy groups -OCH3 is 1. The van der Waals surface area contributed by atoms with E-state index >= 15 is 0 Å². The molecule has 2 aromatic rings. The molecule has 8 heteroatoms. The third-order valence-corrected chi connectivity index (χ3v) is 4.64. The van der Waals surface area contributed by atoms with Crippen LogP contribution in [0.15, 0.2) is 16.8 Å². The molecular weight excluding hydrogens is 308 g/mol. The fourth-order valence-corrected chi connectivity index (χ4v) is 3.07. The number of aryl methyl sites for hydroxylation is 1.